The standard InChI is InChI=1S/C10H15F3N2O3/c1-6(7(16)17)4-15-8(18)9(10(11,12)13)2-3-14-5-9/h6,14H,2-5H2,1H3,(H,15,18)(H,16,17). The van der Waals surface area contributed by atoms with Crippen LogP contribution < -0.4 is 10.6 Å². The number of nitrogens with one attached hydrogen (secondary N) is 2. The van der Waals surface area contributed by atoms with Crippen molar-refractivity contribution in [2.45, 2.75) is 19.5 Å². The number of carboxylic acid groups (broad SMARTS) is 1. The molecule has 1 saturated heterocycles. The molecule has 2 atom stereocenters. The van der Waals surface area contributed by atoms with Crippen molar-refractivity contribution in [2.24, 2.45) is 11.3 Å². The molecule has 1 amide bonds. The predicted molar refractivity (Wildman–Crippen MR) is 55.8 cm³/mol. The van der Waals surface area contributed by atoms with Crippen molar-refractivity contribution in [1.82, 2.24) is 10.6 Å². The van der Waals surface area contributed by atoms with Crippen LogP contribution in [0.5, 0.6) is 0 Å². The van der Waals surface area contributed by atoms with Crippen molar-refractivity contribution in [3.63, 3.8) is 0 Å². The predicted octanol–water partition coefficient (Wildman–Crippen LogP) is 0.365. The Morgan fingerprint density at radius 1 is 1.50 bits per heavy atom. The molecule has 0 aromatic heterocycles. The molecule has 0 spiro atoms. The summed E-state index contributed by atoms with van der Waals surface area (Å²) in [5.74, 6) is -3.25. The largest absolute Gasteiger partial charge is 0.481 e. The van der Waals surface area contributed by atoms with E-state index in [2.05, 4.69) is 10.6 Å². The molecular weight excluding hydrogens is 253 g/mol. The summed E-state index contributed by atoms with van der Waals surface area (Å²) in [4.78, 5) is 22.2. The van der Waals surface area contributed by atoms with E-state index >= 15 is 0 Å². The molecule has 18 heavy (non-hydrogen) atoms. The highest BCUT2D eigenvalue weighted by Gasteiger charge is 2.61. The fourth-order valence-corrected chi connectivity index (χ4v) is 1.76. The van der Waals surface area contributed by atoms with Crippen LogP contribution in [0.4, 0.5) is 13.2 Å². The van der Waals surface area contributed by atoms with Crippen molar-refractivity contribution in [1.29, 1.82) is 0 Å². The highest BCUT2D eigenvalue weighted by Crippen LogP contribution is 2.43. The second-order valence-electron chi connectivity index (χ2n) is 4.46. The van der Waals surface area contributed by atoms with Gasteiger partial charge in [0, 0.05) is 13.1 Å². The van der Waals surface area contributed by atoms with E-state index in [1.807, 2.05) is 0 Å². The van der Waals surface area contributed by atoms with Gasteiger partial charge in [0.25, 0.3) is 0 Å². The van der Waals surface area contributed by atoms with Gasteiger partial charge in [-0.05, 0) is 13.0 Å². The first-order chi connectivity index (χ1) is 8.21. The Balaban J connectivity index is 2.71. The number of amides is 1. The average Bonchev–Trinajstić information content (AvgIpc) is 2.74. The quantitative estimate of drug-likeness (QED) is 0.688. The van der Waals surface area contributed by atoms with Gasteiger partial charge >= 0.3 is 12.1 Å². The Morgan fingerprint density at radius 2 is 2.11 bits per heavy atom. The van der Waals surface area contributed by atoms with Crippen molar-refractivity contribution in [2.75, 3.05) is 19.6 Å². The second kappa shape index (κ2) is 5.13. The van der Waals surface area contributed by atoms with Crippen LogP contribution >= 0.6 is 0 Å². The van der Waals surface area contributed by atoms with Gasteiger partial charge in [-0.1, -0.05) is 6.92 Å². The highest BCUT2D eigenvalue weighted by molar-refractivity contribution is 5.84. The molecule has 3 N–H and O–H groups in total. The summed E-state index contributed by atoms with van der Waals surface area (Å²) in [6.07, 6.45) is -4.98. The van der Waals surface area contributed by atoms with E-state index in [0.29, 0.717) is 0 Å². The van der Waals surface area contributed by atoms with Crippen LogP contribution in [0.3, 0.4) is 0 Å². The number of carboxylic acids is 1. The van der Waals surface area contributed by atoms with Crippen LogP contribution in [0.1, 0.15) is 13.3 Å². The first kappa shape index (κ1) is 14.7. The van der Waals surface area contributed by atoms with Gasteiger partial charge in [-0.2, -0.15) is 13.2 Å². The second-order valence-corrected chi connectivity index (χ2v) is 4.46. The lowest BCUT2D eigenvalue weighted by atomic mass is 9.85. The molecule has 1 rings (SSSR count). The summed E-state index contributed by atoms with van der Waals surface area (Å²) < 4.78 is 38.8. The van der Waals surface area contributed by atoms with Gasteiger partial charge in [0.1, 0.15) is 0 Å². The van der Waals surface area contributed by atoms with E-state index < -0.39 is 35.9 Å². The Morgan fingerprint density at radius 3 is 2.50 bits per heavy atom. The zero-order valence-electron chi connectivity index (χ0n) is 9.80. The Labute approximate surface area is 102 Å². The van der Waals surface area contributed by atoms with E-state index in [1.54, 1.807) is 0 Å². The van der Waals surface area contributed by atoms with Crippen LogP contribution in [0, 0.1) is 11.3 Å². The molecule has 104 valence electrons. The molecular formula is C10H15F3N2O3. The zero-order chi connectivity index (χ0) is 14.0. The fourth-order valence-electron chi connectivity index (χ4n) is 1.76. The van der Waals surface area contributed by atoms with E-state index in [-0.39, 0.29) is 19.5 Å². The molecule has 0 aromatic rings. The number of hydrogen-bond donors (Lipinski definition) is 3. The number of halogens is 3. The molecule has 0 saturated carbocycles. The summed E-state index contributed by atoms with van der Waals surface area (Å²) in [7, 11) is 0. The molecule has 1 aliphatic rings. The van der Waals surface area contributed by atoms with E-state index in [4.69, 9.17) is 5.11 Å². The van der Waals surface area contributed by atoms with Gasteiger partial charge in [-0.15, -0.1) is 0 Å². The third-order valence-corrected chi connectivity index (χ3v) is 3.12. The van der Waals surface area contributed by atoms with Crippen LogP contribution in [-0.2, 0) is 9.59 Å². The molecule has 1 aliphatic heterocycles. The molecule has 1 fully saturated rings. The molecule has 5 nitrogen and oxygen atoms in total. The number of carbonyl (C=O) groups excluding carboxylic acids is 1. The number of hydrogen-bond acceptors (Lipinski definition) is 3. The molecule has 0 aliphatic carbocycles. The van der Waals surface area contributed by atoms with Crippen molar-refractivity contribution in [3.8, 4) is 0 Å². The summed E-state index contributed by atoms with van der Waals surface area (Å²) >= 11 is 0. The fraction of sp³-hybridized carbons (Fsp3) is 0.800. The monoisotopic (exact) mass is 268 g/mol. The van der Waals surface area contributed by atoms with E-state index in [9.17, 15) is 22.8 Å². The third kappa shape index (κ3) is 2.74. The summed E-state index contributed by atoms with van der Waals surface area (Å²) in [6.45, 7) is 0.646. The normalized spacial score (nSPS) is 25.8. The first-order valence-corrected chi connectivity index (χ1v) is 5.49. The topological polar surface area (TPSA) is 78.4 Å². The van der Waals surface area contributed by atoms with Crippen molar-refractivity contribution >= 4 is 11.9 Å². The van der Waals surface area contributed by atoms with Gasteiger partial charge in [0.15, 0.2) is 5.41 Å². The Kier molecular flexibility index (Phi) is 4.20. The number of aliphatic carboxylic acids is 1. The van der Waals surface area contributed by atoms with Crippen molar-refractivity contribution in [3.05, 3.63) is 0 Å². The maximum atomic E-state index is 12.9. The highest BCUT2D eigenvalue weighted by atomic mass is 19.4. The number of rotatable bonds is 4. The number of alkyl halides is 3. The molecule has 0 aromatic carbocycles. The lowest BCUT2D eigenvalue weighted by molar-refractivity contribution is -0.216. The number of carbonyl (C=O) groups is 2. The van der Waals surface area contributed by atoms with Gasteiger partial charge in [0.2, 0.25) is 5.91 Å². The lowest BCUT2D eigenvalue weighted by Crippen LogP contribution is -2.53. The molecule has 8 heteroatoms. The van der Waals surface area contributed by atoms with E-state index in [0.717, 1.165) is 0 Å². The maximum absolute atomic E-state index is 12.9. The van der Waals surface area contributed by atoms with Gasteiger partial charge < -0.3 is 15.7 Å². The molecule has 2 unspecified atom stereocenters. The minimum atomic E-state index is -4.65. The minimum absolute atomic E-state index is 0.113. The molecule has 1 heterocycles. The SMILES string of the molecule is CC(CNC(=O)C1(C(F)(F)F)CCNC1)C(=O)O. The summed E-state index contributed by atoms with van der Waals surface area (Å²) in [6, 6.07) is 0. The van der Waals surface area contributed by atoms with Crippen LogP contribution in [0.25, 0.3) is 0 Å². The van der Waals surface area contributed by atoms with Gasteiger partial charge in [-0.25, -0.2) is 0 Å². The van der Waals surface area contributed by atoms with Crippen LogP contribution in [0.2, 0.25) is 0 Å². The maximum Gasteiger partial charge on any atom is 0.404 e. The Bertz CT molecular complexity index is 338. The molecule has 0 bridgehead atoms. The third-order valence-electron chi connectivity index (χ3n) is 3.12. The minimum Gasteiger partial charge on any atom is -0.481 e. The average molecular weight is 268 g/mol. The zero-order valence-corrected chi connectivity index (χ0v) is 9.80. The summed E-state index contributed by atoms with van der Waals surface area (Å²) in [5, 5.41) is 13.2. The van der Waals surface area contributed by atoms with Crippen LogP contribution in [-0.4, -0.2) is 42.8 Å². The smallest absolute Gasteiger partial charge is 0.404 e. The first-order valence-electron chi connectivity index (χ1n) is 5.49. The van der Waals surface area contributed by atoms with E-state index in [1.165, 1.54) is 6.92 Å². The van der Waals surface area contributed by atoms with Gasteiger partial charge in [-0.3, -0.25) is 9.59 Å². The molecule has 0 radical (unpaired) electrons. The Hall–Kier alpha value is -1.31. The van der Waals surface area contributed by atoms with Gasteiger partial charge in [0.05, 0.1) is 5.92 Å². The summed E-state index contributed by atoms with van der Waals surface area (Å²) in [5.41, 5.74) is -2.44. The van der Waals surface area contributed by atoms with Crippen molar-refractivity contribution < 1.29 is 27.9 Å². The van der Waals surface area contributed by atoms with Crippen LogP contribution in [0.15, 0.2) is 0 Å². The lowest BCUT2D eigenvalue weighted by Gasteiger charge is -2.29.